The minimum absolute atomic E-state index is 0.0872. The molecule has 0 bridgehead atoms. The Labute approximate surface area is 130 Å². The predicted octanol–water partition coefficient (Wildman–Crippen LogP) is 0.763. The van der Waals surface area contributed by atoms with Crippen molar-refractivity contribution in [1.82, 2.24) is 20.4 Å². The maximum atomic E-state index is 12.3. The molecule has 2 N–H and O–H groups in total. The SMILES string of the molecule is CCNC(C)(C)C(=O)NCC(C(C)C)N1CCN(C)CC1. The first kappa shape index (κ1) is 18.4. The minimum atomic E-state index is -0.502. The highest BCUT2D eigenvalue weighted by molar-refractivity contribution is 5.85. The van der Waals surface area contributed by atoms with Crippen molar-refractivity contribution in [3.05, 3.63) is 0 Å². The average molecular weight is 298 g/mol. The Hall–Kier alpha value is -0.650. The van der Waals surface area contributed by atoms with E-state index >= 15 is 0 Å². The van der Waals surface area contributed by atoms with E-state index in [0.717, 1.165) is 39.3 Å². The highest BCUT2D eigenvalue weighted by atomic mass is 16.2. The number of likely N-dealkylation sites (N-methyl/N-ethyl adjacent to an activating group) is 2. The first-order valence-electron chi connectivity index (χ1n) is 8.23. The third-order valence-electron chi connectivity index (χ3n) is 4.43. The number of hydrogen-bond acceptors (Lipinski definition) is 4. The zero-order valence-corrected chi connectivity index (χ0v) is 14.7. The number of carbonyl (C=O) groups excluding carboxylic acids is 1. The number of nitrogens with one attached hydrogen (secondary N) is 2. The average Bonchev–Trinajstić information content (AvgIpc) is 2.40. The molecule has 0 aromatic heterocycles. The Balaban J connectivity index is 2.53. The van der Waals surface area contributed by atoms with Gasteiger partial charge in [-0.1, -0.05) is 20.8 Å². The molecule has 1 aliphatic heterocycles. The minimum Gasteiger partial charge on any atom is -0.353 e. The summed E-state index contributed by atoms with van der Waals surface area (Å²) in [5.74, 6) is 0.625. The first-order chi connectivity index (χ1) is 9.77. The third-order valence-corrected chi connectivity index (χ3v) is 4.43. The Kier molecular flexibility index (Phi) is 7.10. The summed E-state index contributed by atoms with van der Waals surface area (Å²) >= 11 is 0. The van der Waals surface area contributed by atoms with Crippen LogP contribution in [0.15, 0.2) is 0 Å². The van der Waals surface area contributed by atoms with Gasteiger partial charge in [0, 0.05) is 38.8 Å². The molecule has 5 nitrogen and oxygen atoms in total. The van der Waals surface area contributed by atoms with Crippen molar-refractivity contribution in [1.29, 1.82) is 0 Å². The van der Waals surface area contributed by atoms with Gasteiger partial charge in [-0.15, -0.1) is 0 Å². The van der Waals surface area contributed by atoms with Gasteiger partial charge in [0.15, 0.2) is 0 Å². The number of piperazine rings is 1. The number of nitrogens with zero attached hydrogens (tertiary/aromatic N) is 2. The molecule has 0 saturated carbocycles. The molecule has 21 heavy (non-hydrogen) atoms. The molecule has 5 heteroatoms. The van der Waals surface area contributed by atoms with Crippen molar-refractivity contribution < 1.29 is 4.79 Å². The van der Waals surface area contributed by atoms with Crippen LogP contribution in [-0.2, 0) is 4.79 Å². The van der Waals surface area contributed by atoms with Gasteiger partial charge in [0.25, 0.3) is 0 Å². The van der Waals surface area contributed by atoms with Gasteiger partial charge in [0.05, 0.1) is 5.54 Å². The maximum Gasteiger partial charge on any atom is 0.239 e. The van der Waals surface area contributed by atoms with E-state index in [4.69, 9.17) is 0 Å². The summed E-state index contributed by atoms with van der Waals surface area (Å²) < 4.78 is 0. The van der Waals surface area contributed by atoms with Gasteiger partial charge in [0.1, 0.15) is 0 Å². The van der Waals surface area contributed by atoms with Crippen LogP contribution in [0.25, 0.3) is 0 Å². The number of carbonyl (C=O) groups is 1. The number of amides is 1. The van der Waals surface area contributed by atoms with Crippen LogP contribution in [0.5, 0.6) is 0 Å². The Morgan fingerprint density at radius 3 is 2.24 bits per heavy atom. The van der Waals surface area contributed by atoms with Crippen LogP contribution in [0, 0.1) is 5.92 Å². The number of hydrogen-bond donors (Lipinski definition) is 2. The molecule has 1 aliphatic rings. The summed E-state index contributed by atoms with van der Waals surface area (Å²) in [4.78, 5) is 17.2. The lowest BCUT2D eigenvalue weighted by Gasteiger charge is -2.40. The van der Waals surface area contributed by atoms with E-state index in [1.165, 1.54) is 0 Å². The Bertz CT molecular complexity index is 322. The molecular weight excluding hydrogens is 264 g/mol. The van der Waals surface area contributed by atoms with Gasteiger partial charge in [-0.05, 0) is 33.4 Å². The topological polar surface area (TPSA) is 47.6 Å². The molecule has 124 valence electrons. The number of rotatable bonds is 7. The lowest BCUT2D eigenvalue weighted by atomic mass is 10.00. The molecule has 0 spiro atoms. The summed E-state index contributed by atoms with van der Waals surface area (Å²) in [5, 5.41) is 6.37. The van der Waals surface area contributed by atoms with Gasteiger partial charge in [-0.2, -0.15) is 0 Å². The van der Waals surface area contributed by atoms with Crippen molar-refractivity contribution in [2.45, 2.75) is 46.2 Å². The van der Waals surface area contributed by atoms with Gasteiger partial charge in [0.2, 0.25) is 5.91 Å². The van der Waals surface area contributed by atoms with Crippen LogP contribution < -0.4 is 10.6 Å². The molecular formula is C16H34N4O. The summed E-state index contributed by atoms with van der Waals surface area (Å²) in [7, 11) is 2.17. The molecule has 1 saturated heterocycles. The molecule has 1 fully saturated rings. The van der Waals surface area contributed by atoms with E-state index in [9.17, 15) is 4.79 Å². The molecule has 1 heterocycles. The monoisotopic (exact) mass is 298 g/mol. The predicted molar refractivity (Wildman–Crippen MR) is 88.5 cm³/mol. The van der Waals surface area contributed by atoms with E-state index in [2.05, 4.69) is 41.3 Å². The summed E-state index contributed by atoms with van der Waals surface area (Å²) in [5.41, 5.74) is -0.502. The van der Waals surface area contributed by atoms with Gasteiger partial charge < -0.3 is 15.5 Å². The van der Waals surface area contributed by atoms with E-state index in [1.54, 1.807) is 0 Å². The molecule has 1 atom stereocenters. The molecule has 1 rings (SSSR count). The highest BCUT2D eigenvalue weighted by Crippen LogP contribution is 2.13. The van der Waals surface area contributed by atoms with Gasteiger partial charge in [-0.3, -0.25) is 9.69 Å². The molecule has 0 radical (unpaired) electrons. The maximum absolute atomic E-state index is 12.3. The first-order valence-corrected chi connectivity index (χ1v) is 8.23. The second kappa shape index (κ2) is 8.11. The molecule has 0 aliphatic carbocycles. The molecule has 1 unspecified atom stereocenters. The molecule has 0 aromatic rings. The fraction of sp³-hybridized carbons (Fsp3) is 0.938. The lowest BCUT2D eigenvalue weighted by Crippen LogP contribution is -2.58. The fourth-order valence-electron chi connectivity index (χ4n) is 2.88. The highest BCUT2D eigenvalue weighted by Gasteiger charge is 2.29. The van der Waals surface area contributed by atoms with Gasteiger partial charge >= 0.3 is 0 Å². The standard InChI is InChI=1S/C16H34N4O/c1-7-18-16(4,5)15(21)17-12-14(13(2)3)20-10-8-19(6)9-11-20/h13-14,18H,7-12H2,1-6H3,(H,17,21). The third kappa shape index (κ3) is 5.57. The van der Waals surface area contributed by atoms with E-state index < -0.39 is 5.54 Å². The largest absolute Gasteiger partial charge is 0.353 e. The van der Waals surface area contributed by atoms with Crippen LogP contribution in [0.1, 0.15) is 34.6 Å². The van der Waals surface area contributed by atoms with Crippen LogP contribution in [0.3, 0.4) is 0 Å². The van der Waals surface area contributed by atoms with Crippen molar-refractivity contribution in [2.24, 2.45) is 5.92 Å². The van der Waals surface area contributed by atoms with Gasteiger partial charge in [-0.25, -0.2) is 0 Å². The van der Waals surface area contributed by atoms with E-state index in [0.29, 0.717) is 12.0 Å². The van der Waals surface area contributed by atoms with Crippen molar-refractivity contribution in [2.75, 3.05) is 46.3 Å². The second-order valence-electron chi connectivity index (χ2n) is 7.02. The van der Waals surface area contributed by atoms with Crippen molar-refractivity contribution >= 4 is 5.91 Å². The smallest absolute Gasteiger partial charge is 0.239 e. The zero-order chi connectivity index (χ0) is 16.0. The normalized spacial score (nSPS) is 19.8. The quantitative estimate of drug-likeness (QED) is 0.729. The lowest BCUT2D eigenvalue weighted by molar-refractivity contribution is -0.126. The van der Waals surface area contributed by atoms with E-state index in [-0.39, 0.29) is 5.91 Å². The fourth-order valence-corrected chi connectivity index (χ4v) is 2.88. The Morgan fingerprint density at radius 1 is 1.19 bits per heavy atom. The van der Waals surface area contributed by atoms with Crippen LogP contribution in [0.2, 0.25) is 0 Å². The van der Waals surface area contributed by atoms with Crippen LogP contribution in [-0.4, -0.2) is 73.6 Å². The zero-order valence-electron chi connectivity index (χ0n) is 14.7. The molecule has 0 aromatic carbocycles. The van der Waals surface area contributed by atoms with Crippen LogP contribution in [0.4, 0.5) is 0 Å². The van der Waals surface area contributed by atoms with Crippen LogP contribution >= 0.6 is 0 Å². The van der Waals surface area contributed by atoms with Crippen molar-refractivity contribution in [3.63, 3.8) is 0 Å². The summed E-state index contributed by atoms with van der Waals surface area (Å²) in [6.45, 7) is 16.3. The van der Waals surface area contributed by atoms with Crippen molar-refractivity contribution in [3.8, 4) is 0 Å². The van der Waals surface area contributed by atoms with E-state index in [1.807, 2.05) is 20.8 Å². The Morgan fingerprint density at radius 2 is 1.76 bits per heavy atom. The molecule has 1 amide bonds. The summed E-state index contributed by atoms with van der Waals surface area (Å²) in [6.07, 6.45) is 0. The summed E-state index contributed by atoms with van der Waals surface area (Å²) in [6, 6.07) is 0.417. The second-order valence-corrected chi connectivity index (χ2v) is 7.02.